The maximum Gasteiger partial charge on any atom is 0.324 e. The number of rotatable bonds is 3. The third kappa shape index (κ3) is 3.02. The Bertz CT molecular complexity index is 477. The van der Waals surface area contributed by atoms with Crippen molar-refractivity contribution in [1.29, 1.82) is 0 Å². The van der Waals surface area contributed by atoms with E-state index in [-0.39, 0.29) is 11.3 Å². The summed E-state index contributed by atoms with van der Waals surface area (Å²) in [7, 11) is 0. The Kier molecular flexibility index (Phi) is 3.58. The largest absolute Gasteiger partial charge is 0.444 e. The first-order chi connectivity index (χ1) is 8.50. The standard InChI is InChI=1S/C12H15ClN4O/c1-4-12(2,3)18-11-15-9(13)14-10(16-11)17-7-5-6-8-17/h1H,5-8H2,2-3H3. The van der Waals surface area contributed by atoms with Crippen molar-refractivity contribution in [3.8, 4) is 18.4 Å². The number of halogens is 1. The summed E-state index contributed by atoms with van der Waals surface area (Å²) in [5.74, 6) is 3.07. The molecule has 0 spiro atoms. The molecule has 5 nitrogen and oxygen atoms in total. The number of hydrogen-bond acceptors (Lipinski definition) is 5. The van der Waals surface area contributed by atoms with E-state index in [9.17, 15) is 0 Å². The lowest BCUT2D eigenvalue weighted by molar-refractivity contribution is 0.156. The minimum atomic E-state index is -0.771. The van der Waals surface area contributed by atoms with Crippen molar-refractivity contribution in [2.75, 3.05) is 18.0 Å². The minimum absolute atomic E-state index is 0.120. The Labute approximate surface area is 112 Å². The molecule has 0 aliphatic carbocycles. The second-order valence-corrected chi connectivity index (χ2v) is 4.98. The van der Waals surface area contributed by atoms with Crippen LogP contribution in [0.1, 0.15) is 26.7 Å². The lowest BCUT2D eigenvalue weighted by Gasteiger charge is -2.20. The molecule has 0 bridgehead atoms. The fraction of sp³-hybridized carbons (Fsp3) is 0.583. The smallest absolute Gasteiger partial charge is 0.324 e. The molecule has 2 heterocycles. The zero-order valence-electron chi connectivity index (χ0n) is 10.5. The Morgan fingerprint density at radius 3 is 2.56 bits per heavy atom. The summed E-state index contributed by atoms with van der Waals surface area (Å²) in [6, 6.07) is 0.167. The summed E-state index contributed by atoms with van der Waals surface area (Å²) in [6.07, 6.45) is 7.63. The van der Waals surface area contributed by atoms with Gasteiger partial charge >= 0.3 is 6.01 Å². The van der Waals surface area contributed by atoms with E-state index in [0.717, 1.165) is 25.9 Å². The Balaban J connectivity index is 2.24. The van der Waals surface area contributed by atoms with Crippen molar-refractivity contribution in [1.82, 2.24) is 15.0 Å². The van der Waals surface area contributed by atoms with Gasteiger partial charge in [0.25, 0.3) is 0 Å². The highest BCUT2D eigenvalue weighted by Gasteiger charge is 2.21. The van der Waals surface area contributed by atoms with Crippen LogP contribution in [0.25, 0.3) is 0 Å². The Morgan fingerprint density at radius 1 is 1.28 bits per heavy atom. The van der Waals surface area contributed by atoms with Gasteiger partial charge in [-0.2, -0.15) is 15.0 Å². The SMILES string of the molecule is C#CC(C)(C)Oc1nc(Cl)nc(N2CCCC2)n1. The molecule has 0 aromatic carbocycles. The van der Waals surface area contributed by atoms with Gasteiger partial charge in [-0.25, -0.2) is 0 Å². The van der Waals surface area contributed by atoms with Crippen molar-refractivity contribution >= 4 is 17.5 Å². The first-order valence-corrected chi connectivity index (χ1v) is 6.21. The lowest BCUT2D eigenvalue weighted by atomic mass is 10.2. The van der Waals surface area contributed by atoms with E-state index < -0.39 is 5.60 Å². The van der Waals surface area contributed by atoms with Crippen molar-refractivity contribution < 1.29 is 4.74 Å². The molecular formula is C12H15ClN4O. The van der Waals surface area contributed by atoms with Crippen LogP contribution < -0.4 is 9.64 Å². The van der Waals surface area contributed by atoms with Crippen LogP contribution in [0.2, 0.25) is 5.28 Å². The number of ether oxygens (including phenoxy) is 1. The van der Waals surface area contributed by atoms with Gasteiger partial charge in [0.05, 0.1) is 0 Å². The van der Waals surface area contributed by atoms with E-state index in [1.807, 2.05) is 0 Å². The molecule has 1 aliphatic rings. The van der Waals surface area contributed by atoms with E-state index >= 15 is 0 Å². The molecule has 0 unspecified atom stereocenters. The van der Waals surface area contributed by atoms with Crippen LogP contribution in [0, 0.1) is 12.3 Å². The molecule has 0 atom stereocenters. The maximum absolute atomic E-state index is 5.88. The second-order valence-electron chi connectivity index (χ2n) is 4.64. The van der Waals surface area contributed by atoms with Gasteiger partial charge in [-0.15, -0.1) is 6.42 Å². The van der Waals surface area contributed by atoms with Crippen molar-refractivity contribution in [2.24, 2.45) is 0 Å². The molecule has 0 radical (unpaired) electrons. The molecule has 2 rings (SSSR count). The van der Waals surface area contributed by atoms with E-state index in [2.05, 4.69) is 25.8 Å². The summed E-state index contributed by atoms with van der Waals surface area (Å²) in [6.45, 7) is 5.39. The Morgan fingerprint density at radius 2 is 1.94 bits per heavy atom. The highest BCUT2D eigenvalue weighted by atomic mass is 35.5. The van der Waals surface area contributed by atoms with Gasteiger partial charge in [0.1, 0.15) is 0 Å². The van der Waals surface area contributed by atoms with Crippen LogP contribution in [0.15, 0.2) is 0 Å². The molecule has 96 valence electrons. The van der Waals surface area contributed by atoms with Crippen LogP contribution in [0.5, 0.6) is 6.01 Å². The molecule has 18 heavy (non-hydrogen) atoms. The zero-order valence-corrected chi connectivity index (χ0v) is 11.2. The third-order valence-corrected chi connectivity index (χ3v) is 2.83. The van der Waals surface area contributed by atoms with E-state index in [1.165, 1.54) is 0 Å². The highest BCUT2D eigenvalue weighted by Crippen LogP contribution is 2.21. The van der Waals surface area contributed by atoms with Gasteiger partial charge in [0.2, 0.25) is 11.2 Å². The van der Waals surface area contributed by atoms with E-state index in [1.54, 1.807) is 13.8 Å². The van der Waals surface area contributed by atoms with Gasteiger partial charge in [-0.1, -0.05) is 5.92 Å². The van der Waals surface area contributed by atoms with Gasteiger partial charge < -0.3 is 9.64 Å². The quantitative estimate of drug-likeness (QED) is 0.783. The molecule has 1 aromatic heterocycles. The second kappa shape index (κ2) is 4.99. The average Bonchev–Trinajstić information content (AvgIpc) is 2.81. The van der Waals surface area contributed by atoms with Crippen LogP contribution >= 0.6 is 11.6 Å². The van der Waals surface area contributed by atoms with E-state index in [4.69, 9.17) is 22.8 Å². The van der Waals surface area contributed by atoms with Crippen molar-refractivity contribution in [2.45, 2.75) is 32.3 Å². The van der Waals surface area contributed by atoms with Gasteiger partial charge in [-0.3, -0.25) is 0 Å². The summed E-state index contributed by atoms with van der Waals surface area (Å²) < 4.78 is 5.52. The predicted molar refractivity (Wildman–Crippen MR) is 69.8 cm³/mol. The summed E-state index contributed by atoms with van der Waals surface area (Å²) in [5, 5.41) is 0.120. The molecule has 0 saturated carbocycles. The molecule has 1 aliphatic heterocycles. The number of anilines is 1. The number of terminal acetylenes is 1. The lowest BCUT2D eigenvalue weighted by Crippen LogP contribution is -2.28. The van der Waals surface area contributed by atoms with Crippen LogP contribution in [-0.2, 0) is 0 Å². The maximum atomic E-state index is 5.88. The molecule has 1 fully saturated rings. The van der Waals surface area contributed by atoms with E-state index in [0.29, 0.717) is 5.95 Å². The van der Waals surface area contributed by atoms with Crippen LogP contribution in [0.3, 0.4) is 0 Å². The van der Waals surface area contributed by atoms with Gasteiger partial charge in [0, 0.05) is 13.1 Å². The third-order valence-electron chi connectivity index (χ3n) is 2.66. The summed E-state index contributed by atoms with van der Waals surface area (Å²) in [4.78, 5) is 14.4. The first-order valence-electron chi connectivity index (χ1n) is 5.83. The molecule has 1 saturated heterocycles. The van der Waals surface area contributed by atoms with Crippen molar-refractivity contribution in [3.63, 3.8) is 0 Å². The average molecular weight is 267 g/mol. The topological polar surface area (TPSA) is 51.1 Å². The molecule has 0 N–H and O–H groups in total. The Hall–Kier alpha value is -1.54. The van der Waals surface area contributed by atoms with Crippen molar-refractivity contribution in [3.05, 3.63) is 5.28 Å². The minimum Gasteiger partial charge on any atom is -0.444 e. The predicted octanol–water partition coefficient (Wildman–Crippen LogP) is 1.92. The first kappa shape index (κ1) is 12.9. The zero-order chi connectivity index (χ0) is 13.2. The molecule has 0 amide bonds. The van der Waals surface area contributed by atoms with Crippen LogP contribution in [0.4, 0.5) is 5.95 Å². The number of nitrogens with zero attached hydrogens (tertiary/aromatic N) is 4. The molecule has 1 aromatic rings. The van der Waals surface area contributed by atoms with Gasteiger partial charge in [-0.05, 0) is 38.3 Å². The highest BCUT2D eigenvalue weighted by molar-refractivity contribution is 6.28. The fourth-order valence-corrected chi connectivity index (χ4v) is 1.83. The van der Waals surface area contributed by atoms with Crippen LogP contribution in [-0.4, -0.2) is 33.6 Å². The molecule has 6 heteroatoms. The summed E-state index contributed by atoms with van der Waals surface area (Å²) >= 11 is 5.88. The number of aromatic nitrogens is 3. The molecular weight excluding hydrogens is 252 g/mol. The van der Waals surface area contributed by atoms with Gasteiger partial charge in [0.15, 0.2) is 5.60 Å². The summed E-state index contributed by atoms with van der Waals surface area (Å²) in [5.41, 5.74) is -0.771. The fourth-order valence-electron chi connectivity index (χ4n) is 1.68. The normalized spacial score (nSPS) is 15.6. The monoisotopic (exact) mass is 266 g/mol. The number of hydrogen-bond donors (Lipinski definition) is 0.